The number of hydrogen-bond donors (Lipinski definition) is 3. The van der Waals surface area contributed by atoms with Crippen LogP contribution >= 0.6 is 11.3 Å². The molecule has 0 spiro atoms. The van der Waals surface area contributed by atoms with Crippen molar-refractivity contribution in [1.29, 1.82) is 0 Å². The molecule has 0 bridgehead atoms. The van der Waals surface area contributed by atoms with Crippen molar-refractivity contribution in [1.82, 2.24) is 4.98 Å². The Labute approximate surface area is 108 Å². The lowest BCUT2D eigenvalue weighted by Crippen LogP contribution is -2.07. The number of nitrogens with two attached hydrogens (primary N) is 1. The number of nitrogens with zero attached hydrogens (tertiary/aromatic N) is 1. The summed E-state index contributed by atoms with van der Waals surface area (Å²) in [5.74, 6) is 0. The van der Waals surface area contributed by atoms with E-state index in [2.05, 4.69) is 10.3 Å². The second-order valence-corrected chi connectivity index (χ2v) is 4.88. The molecule has 4 N–H and O–H groups in total. The van der Waals surface area contributed by atoms with E-state index >= 15 is 0 Å². The normalized spacial score (nSPS) is 10.3. The van der Waals surface area contributed by atoms with Crippen LogP contribution in [0.1, 0.15) is 11.1 Å². The van der Waals surface area contributed by atoms with Gasteiger partial charge in [-0.15, -0.1) is 11.3 Å². The number of nitrogens with one attached hydrogen (secondary N) is 1. The van der Waals surface area contributed by atoms with E-state index in [9.17, 15) is 4.79 Å². The summed E-state index contributed by atoms with van der Waals surface area (Å²) >= 11 is 1.39. The standard InChI is InChI=1S/C12H13N3O2S/c1-6-3-8(14-12(16)17)4-7(2)10(6)9-5-18-11(13)15-9/h3-5,14H,1-2H3,(H2,13,15)(H,16,17). The van der Waals surface area contributed by atoms with Gasteiger partial charge in [-0.25, -0.2) is 9.78 Å². The van der Waals surface area contributed by atoms with Gasteiger partial charge in [0.2, 0.25) is 0 Å². The van der Waals surface area contributed by atoms with Crippen LogP contribution in [-0.4, -0.2) is 16.2 Å². The largest absolute Gasteiger partial charge is 0.465 e. The Balaban J connectivity index is 2.47. The lowest BCUT2D eigenvalue weighted by molar-refractivity contribution is 0.210. The van der Waals surface area contributed by atoms with Gasteiger partial charge in [0, 0.05) is 16.6 Å². The third kappa shape index (κ3) is 2.43. The van der Waals surface area contributed by atoms with Gasteiger partial charge >= 0.3 is 6.09 Å². The van der Waals surface area contributed by atoms with Crippen molar-refractivity contribution in [3.05, 3.63) is 28.6 Å². The van der Waals surface area contributed by atoms with Crippen molar-refractivity contribution >= 4 is 28.2 Å². The molecule has 1 aromatic carbocycles. The Hall–Kier alpha value is -2.08. The second kappa shape index (κ2) is 4.66. The molecule has 1 aromatic heterocycles. The van der Waals surface area contributed by atoms with Crippen molar-refractivity contribution in [3.8, 4) is 11.3 Å². The van der Waals surface area contributed by atoms with Crippen LogP contribution in [0, 0.1) is 13.8 Å². The average molecular weight is 263 g/mol. The number of nitrogen functional groups attached to an aromatic ring is 1. The Kier molecular flexibility index (Phi) is 3.20. The van der Waals surface area contributed by atoms with E-state index in [0.717, 1.165) is 22.4 Å². The molecule has 0 saturated carbocycles. The highest BCUT2D eigenvalue weighted by Crippen LogP contribution is 2.31. The molecule has 2 rings (SSSR count). The first-order chi connectivity index (χ1) is 8.47. The summed E-state index contributed by atoms with van der Waals surface area (Å²) < 4.78 is 0. The van der Waals surface area contributed by atoms with E-state index in [1.807, 2.05) is 19.2 Å². The summed E-state index contributed by atoms with van der Waals surface area (Å²) in [6.45, 7) is 3.84. The average Bonchev–Trinajstić information content (AvgIpc) is 2.62. The van der Waals surface area contributed by atoms with Gasteiger partial charge in [0.1, 0.15) is 0 Å². The minimum atomic E-state index is -1.07. The molecule has 1 amide bonds. The monoisotopic (exact) mass is 263 g/mol. The number of carboxylic acid groups (broad SMARTS) is 1. The summed E-state index contributed by atoms with van der Waals surface area (Å²) in [6.07, 6.45) is -1.07. The number of rotatable bonds is 2. The highest BCUT2D eigenvalue weighted by molar-refractivity contribution is 7.13. The Morgan fingerprint density at radius 3 is 2.44 bits per heavy atom. The van der Waals surface area contributed by atoms with Crippen LogP contribution in [0.4, 0.5) is 15.6 Å². The van der Waals surface area contributed by atoms with Crippen LogP contribution in [0.25, 0.3) is 11.3 Å². The highest BCUT2D eigenvalue weighted by atomic mass is 32.1. The summed E-state index contributed by atoms with van der Waals surface area (Å²) in [5, 5.41) is 13.5. The number of aromatic nitrogens is 1. The van der Waals surface area contributed by atoms with Crippen LogP contribution in [0.5, 0.6) is 0 Å². The molecule has 0 aliphatic rings. The van der Waals surface area contributed by atoms with Crippen molar-refractivity contribution in [2.45, 2.75) is 13.8 Å². The van der Waals surface area contributed by atoms with Gasteiger partial charge in [-0.1, -0.05) is 0 Å². The lowest BCUT2D eigenvalue weighted by atomic mass is 9.99. The van der Waals surface area contributed by atoms with Gasteiger partial charge in [-0.3, -0.25) is 5.32 Å². The van der Waals surface area contributed by atoms with Crippen LogP contribution < -0.4 is 11.1 Å². The second-order valence-electron chi connectivity index (χ2n) is 3.99. The third-order valence-electron chi connectivity index (χ3n) is 2.56. The molecule has 0 saturated heterocycles. The lowest BCUT2D eigenvalue weighted by Gasteiger charge is -2.10. The van der Waals surface area contributed by atoms with Crippen molar-refractivity contribution in [3.63, 3.8) is 0 Å². The molecular formula is C12H13N3O2S. The predicted molar refractivity (Wildman–Crippen MR) is 73.1 cm³/mol. The minimum Gasteiger partial charge on any atom is -0.465 e. The summed E-state index contributed by atoms with van der Waals surface area (Å²) in [5.41, 5.74) is 9.94. The van der Waals surface area contributed by atoms with E-state index in [0.29, 0.717) is 10.8 Å². The Morgan fingerprint density at radius 1 is 1.39 bits per heavy atom. The molecule has 0 aliphatic heterocycles. The van der Waals surface area contributed by atoms with Crippen LogP contribution in [0.3, 0.4) is 0 Å². The highest BCUT2D eigenvalue weighted by Gasteiger charge is 2.11. The molecule has 1 heterocycles. The number of thiazole rings is 1. The minimum absolute atomic E-state index is 0.525. The van der Waals surface area contributed by atoms with Gasteiger partial charge in [0.25, 0.3) is 0 Å². The van der Waals surface area contributed by atoms with Crippen LogP contribution in [0.2, 0.25) is 0 Å². The molecule has 0 aliphatic carbocycles. The van der Waals surface area contributed by atoms with Gasteiger partial charge in [-0.05, 0) is 37.1 Å². The maximum Gasteiger partial charge on any atom is 0.409 e. The first-order valence-corrected chi connectivity index (χ1v) is 6.18. The smallest absolute Gasteiger partial charge is 0.409 e. The number of anilines is 2. The zero-order chi connectivity index (χ0) is 13.3. The topological polar surface area (TPSA) is 88.2 Å². The molecule has 5 nitrogen and oxygen atoms in total. The van der Waals surface area contributed by atoms with Crippen LogP contribution in [-0.2, 0) is 0 Å². The summed E-state index contributed by atoms with van der Waals surface area (Å²) in [7, 11) is 0. The molecule has 0 atom stereocenters. The van der Waals surface area contributed by atoms with Crippen molar-refractivity contribution in [2.24, 2.45) is 0 Å². The molecule has 0 unspecified atom stereocenters. The molecule has 0 radical (unpaired) electrons. The molecule has 6 heteroatoms. The number of benzene rings is 1. The number of hydrogen-bond acceptors (Lipinski definition) is 4. The van der Waals surface area contributed by atoms with E-state index in [-0.39, 0.29) is 0 Å². The van der Waals surface area contributed by atoms with Gasteiger partial charge in [0.15, 0.2) is 5.13 Å². The molecule has 18 heavy (non-hydrogen) atoms. The fraction of sp³-hybridized carbons (Fsp3) is 0.167. The predicted octanol–water partition coefficient (Wildman–Crippen LogP) is 3.10. The molecule has 0 fully saturated rings. The Morgan fingerprint density at radius 2 is 2.00 bits per heavy atom. The summed E-state index contributed by atoms with van der Waals surface area (Å²) in [4.78, 5) is 14.9. The SMILES string of the molecule is Cc1cc(NC(=O)O)cc(C)c1-c1csc(N)n1. The third-order valence-corrected chi connectivity index (χ3v) is 3.24. The number of amides is 1. The molecule has 94 valence electrons. The van der Waals surface area contributed by atoms with Crippen molar-refractivity contribution in [2.75, 3.05) is 11.1 Å². The van der Waals surface area contributed by atoms with Gasteiger partial charge < -0.3 is 10.8 Å². The number of carbonyl (C=O) groups is 1. The van der Waals surface area contributed by atoms with Gasteiger partial charge in [0.05, 0.1) is 5.69 Å². The van der Waals surface area contributed by atoms with E-state index in [4.69, 9.17) is 10.8 Å². The first-order valence-electron chi connectivity index (χ1n) is 5.30. The number of aryl methyl sites for hydroxylation is 2. The quantitative estimate of drug-likeness (QED) is 0.776. The van der Waals surface area contributed by atoms with E-state index in [1.165, 1.54) is 11.3 Å². The van der Waals surface area contributed by atoms with E-state index < -0.39 is 6.09 Å². The fourth-order valence-corrected chi connectivity index (χ4v) is 2.52. The van der Waals surface area contributed by atoms with E-state index in [1.54, 1.807) is 12.1 Å². The van der Waals surface area contributed by atoms with Gasteiger partial charge in [-0.2, -0.15) is 0 Å². The fourth-order valence-electron chi connectivity index (χ4n) is 1.97. The Bertz CT molecular complexity index is 584. The van der Waals surface area contributed by atoms with Crippen LogP contribution in [0.15, 0.2) is 17.5 Å². The molecule has 2 aromatic rings. The van der Waals surface area contributed by atoms with Crippen molar-refractivity contribution < 1.29 is 9.90 Å². The molecular weight excluding hydrogens is 250 g/mol. The maximum atomic E-state index is 10.6. The first kappa shape index (κ1) is 12.4. The zero-order valence-electron chi connectivity index (χ0n) is 10.0. The zero-order valence-corrected chi connectivity index (χ0v) is 10.8. The summed E-state index contributed by atoms with van der Waals surface area (Å²) in [6, 6.07) is 3.57. The maximum absolute atomic E-state index is 10.6.